The molecule has 0 spiro atoms. The molecule has 0 aliphatic heterocycles. The summed E-state index contributed by atoms with van der Waals surface area (Å²) >= 11 is 0. The van der Waals surface area contributed by atoms with Gasteiger partial charge in [-0.15, -0.1) is 0 Å². The number of amides is 2. The van der Waals surface area contributed by atoms with Crippen molar-refractivity contribution in [1.82, 2.24) is 0 Å². The number of hydrogen-bond acceptors (Lipinski definition) is 3. The van der Waals surface area contributed by atoms with Gasteiger partial charge in [-0.1, -0.05) is 43.7 Å². The second-order valence-corrected chi connectivity index (χ2v) is 5.76. The first kappa shape index (κ1) is 18.2. The Hall–Kier alpha value is -1.88. The first-order valence-electron chi connectivity index (χ1n) is 7.73. The van der Waals surface area contributed by atoms with Crippen molar-refractivity contribution in [2.24, 2.45) is 23.3 Å². The summed E-state index contributed by atoms with van der Waals surface area (Å²) in [5, 5.41) is 10.2. The molecule has 22 heavy (non-hydrogen) atoms. The number of carbonyl (C=O) groups is 2. The van der Waals surface area contributed by atoms with Gasteiger partial charge in [-0.3, -0.25) is 9.59 Å². The molecule has 5 nitrogen and oxygen atoms in total. The summed E-state index contributed by atoms with van der Waals surface area (Å²) in [6.07, 6.45) is 1.69. The fourth-order valence-electron chi connectivity index (χ4n) is 2.76. The van der Waals surface area contributed by atoms with E-state index in [0.717, 1.165) is 12.0 Å². The van der Waals surface area contributed by atoms with Gasteiger partial charge in [0.25, 0.3) is 0 Å². The lowest BCUT2D eigenvalue weighted by Gasteiger charge is -2.24. The highest BCUT2D eigenvalue weighted by Gasteiger charge is 2.28. The molecule has 0 saturated carbocycles. The average molecular weight is 306 g/mol. The standard InChI is InChI=1S/C17H26N2O3/c1-2-13(10-16(18)21)15(17(19)22)11-14(20)9-8-12-6-4-3-5-7-12/h3-7,13-15,20H,2,8-11H2,1H3,(H2,18,21)(H2,19,22)/t13?,14-,15-/m0/s1. The van der Waals surface area contributed by atoms with Gasteiger partial charge in [-0.05, 0) is 30.7 Å². The SMILES string of the molecule is CCC(CC(N)=O)[C@H](C[C@@H](O)CCc1ccccc1)C(N)=O. The van der Waals surface area contributed by atoms with Crippen LogP contribution < -0.4 is 11.5 Å². The Morgan fingerprint density at radius 1 is 1.18 bits per heavy atom. The van der Waals surface area contributed by atoms with E-state index in [4.69, 9.17) is 11.5 Å². The molecule has 0 saturated heterocycles. The Labute approximate surface area is 131 Å². The maximum Gasteiger partial charge on any atom is 0.220 e. The molecule has 0 heterocycles. The van der Waals surface area contributed by atoms with Crippen molar-refractivity contribution in [1.29, 1.82) is 0 Å². The fraction of sp³-hybridized carbons (Fsp3) is 0.529. The molecule has 1 aromatic carbocycles. The molecule has 5 N–H and O–H groups in total. The van der Waals surface area contributed by atoms with E-state index in [0.29, 0.717) is 12.8 Å². The summed E-state index contributed by atoms with van der Waals surface area (Å²) in [6.45, 7) is 1.89. The Morgan fingerprint density at radius 2 is 1.82 bits per heavy atom. The molecule has 2 amide bonds. The van der Waals surface area contributed by atoms with Gasteiger partial charge in [0.2, 0.25) is 11.8 Å². The molecule has 1 rings (SSSR count). The Kier molecular flexibility index (Phi) is 7.60. The maximum absolute atomic E-state index is 11.7. The van der Waals surface area contributed by atoms with Crippen molar-refractivity contribution in [3.05, 3.63) is 35.9 Å². The van der Waals surface area contributed by atoms with Gasteiger partial charge in [0.1, 0.15) is 0 Å². The van der Waals surface area contributed by atoms with Crippen molar-refractivity contribution in [2.75, 3.05) is 0 Å². The lowest BCUT2D eigenvalue weighted by atomic mass is 9.82. The zero-order chi connectivity index (χ0) is 16.5. The van der Waals surface area contributed by atoms with E-state index in [2.05, 4.69) is 0 Å². The van der Waals surface area contributed by atoms with Gasteiger partial charge >= 0.3 is 0 Å². The largest absolute Gasteiger partial charge is 0.393 e. The number of rotatable bonds is 10. The second-order valence-electron chi connectivity index (χ2n) is 5.76. The molecule has 5 heteroatoms. The monoisotopic (exact) mass is 306 g/mol. The average Bonchev–Trinajstić information content (AvgIpc) is 2.49. The minimum atomic E-state index is -0.625. The molecular weight excluding hydrogens is 280 g/mol. The Morgan fingerprint density at radius 3 is 2.32 bits per heavy atom. The van der Waals surface area contributed by atoms with E-state index in [9.17, 15) is 14.7 Å². The molecule has 1 unspecified atom stereocenters. The van der Waals surface area contributed by atoms with Crippen LogP contribution >= 0.6 is 0 Å². The number of nitrogens with two attached hydrogens (primary N) is 2. The second kappa shape index (κ2) is 9.20. The number of aliphatic hydroxyl groups excluding tert-OH is 1. The third-order valence-corrected chi connectivity index (χ3v) is 4.06. The van der Waals surface area contributed by atoms with Crippen molar-refractivity contribution < 1.29 is 14.7 Å². The molecule has 0 radical (unpaired) electrons. The molecule has 0 fully saturated rings. The van der Waals surface area contributed by atoms with Crippen LogP contribution in [0.2, 0.25) is 0 Å². The van der Waals surface area contributed by atoms with Gasteiger partial charge in [-0.25, -0.2) is 0 Å². The molecule has 0 aliphatic rings. The number of primary amides is 2. The van der Waals surface area contributed by atoms with Crippen LogP contribution in [0.1, 0.15) is 38.2 Å². The van der Waals surface area contributed by atoms with Crippen molar-refractivity contribution >= 4 is 11.8 Å². The molecular formula is C17H26N2O3. The number of carbonyl (C=O) groups excluding carboxylic acids is 2. The van der Waals surface area contributed by atoms with Crippen molar-refractivity contribution in [3.63, 3.8) is 0 Å². The minimum absolute atomic E-state index is 0.121. The summed E-state index contributed by atoms with van der Waals surface area (Å²) < 4.78 is 0. The van der Waals surface area contributed by atoms with E-state index in [1.165, 1.54) is 0 Å². The van der Waals surface area contributed by atoms with E-state index >= 15 is 0 Å². The summed E-state index contributed by atoms with van der Waals surface area (Å²) in [5.41, 5.74) is 11.8. The third-order valence-electron chi connectivity index (χ3n) is 4.06. The molecule has 0 aliphatic carbocycles. The Bertz CT molecular complexity index is 476. The van der Waals surface area contributed by atoms with Crippen molar-refractivity contribution in [2.45, 2.75) is 45.1 Å². The van der Waals surface area contributed by atoms with Crippen LogP contribution in [-0.2, 0) is 16.0 Å². The normalized spacial score (nSPS) is 15.0. The lowest BCUT2D eigenvalue weighted by molar-refractivity contribution is -0.126. The predicted molar refractivity (Wildman–Crippen MR) is 85.7 cm³/mol. The molecule has 1 aromatic rings. The highest BCUT2D eigenvalue weighted by atomic mass is 16.3. The summed E-state index contributed by atoms with van der Waals surface area (Å²) in [7, 11) is 0. The predicted octanol–water partition coefficient (Wildman–Crippen LogP) is 1.37. The third kappa shape index (κ3) is 6.26. The fourth-order valence-corrected chi connectivity index (χ4v) is 2.76. The summed E-state index contributed by atoms with van der Waals surface area (Å²) in [4.78, 5) is 22.7. The van der Waals surface area contributed by atoms with Gasteiger partial charge < -0.3 is 16.6 Å². The molecule has 122 valence electrons. The van der Waals surface area contributed by atoms with Crippen LogP contribution in [0.3, 0.4) is 0 Å². The zero-order valence-electron chi connectivity index (χ0n) is 13.1. The van der Waals surface area contributed by atoms with Gasteiger partial charge in [0.05, 0.1) is 6.10 Å². The number of benzene rings is 1. The first-order valence-corrected chi connectivity index (χ1v) is 7.73. The minimum Gasteiger partial charge on any atom is -0.393 e. The lowest BCUT2D eigenvalue weighted by Crippen LogP contribution is -2.35. The summed E-state index contributed by atoms with van der Waals surface area (Å²) in [6, 6.07) is 9.85. The zero-order valence-corrected chi connectivity index (χ0v) is 13.1. The number of aliphatic hydroxyl groups is 1. The van der Waals surface area contributed by atoms with Gasteiger partial charge in [-0.2, -0.15) is 0 Å². The van der Waals surface area contributed by atoms with Crippen LogP contribution in [-0.4, -0.2) is 23.0 Å². The van der Waals surface area contributed by atoms with Crippen LogP contribution in [0.25, 0.3) is 0 Å². The van der Waals surface area contributed by atoms with Crippen LogP contribution in [0.15, 0.2) is 30.3 Å². The smallest absolute Gasteiger partial charge is 0.220 e. The Balaban J connectivity index is 2.57. The topological polar surface area (TPSA) is 106 Å². The quantitative estimate of drug-likeness (QED) is 0.607. The number of hydrogen-bond donors (Lipinski definition) is 3. The van der Waals surface area contributed by atoms with Crippen LogP contribution in [0.5, 0.6) is 0 Å². The van der Waals surface area contributed by atoms with E-state index in [1.54, 1.807) is 0 Å². The summed E-state index contributed by atoms with van der Waals surface area (Å²) in [5.74, 6) is -1.66. The maximum atomic E-state index is 11.7. The first-order chi connectivity index (χ1) is 10.4. The highest BCUT2D eigenvalue weighted by Crippen LogP contribution is 2.25. The van der Waals surface area contributed by atoms with Gasteiger partial charge in [0, 0.05) is 12.3 Å². The van der Waals surface area contributed by atoms with E-state index in [-0.39, 0.29) is 18.8 Å². The van der Waals surface area contributed by atoms with Gasteiger partial charge in [0.15, 0.2) is 0 Å². The number of aryl methyl sites for hydroxylation is 1. The van der Waals surface area contributed by atoms with Crippen LogP contribution in [0.4, 0.5) is 0 Å². The van der Waals surface area contributed by atoms with E-state index < -0.39 is 23.8 Å². The highest BCUT2D eigenvalue weighted by molar-refractivity contribution is 5.79. The van der Waals surface area contributed by atoms with Crippen molar-refractivity contribution in [3.8, 4) is 0 Å². The van der Waals surface area contributed by atoms with E-state index in [1.807, 2.05) is 37.3 Å². The molecule has 3 atom stereocenters. The molecule has 0 aromatic heterocycles. The van der Waals surface area contributed by atoms with Crippen LogP contribution in [0, 0.1) is 11.8 Å². The molecule has 0 bridgehead atoms.